The molecule has 34 heavy (non-hydrogen) atoms. The van der Waals surface area contributed by atoms with Crippen molar-refractivity contribution < 1.29 is 17.6 Å². The van der Waals surface area contributed by atoms with Crippen molar-refractivity contribution in [1.82, 2.24) is 4.31 Å². The van der Waals surface area contributed by atoms with Crippen LogP contribution in [0.25, 0.3) is 0 Å². The SMILES string of the molecule is CCN(CCCC1=C(C)C=CCC(C(=O)Nc2ccccc2N)=C1)S(=O)(=O)c1ccc(F)cc1. The summed E-state index contributed by atoms with van der Waals surface area (Å²) in [6.45, 7) is 4.37. The maximum atomic E-state index is 13.2. The van der Waals surface area contributed by atoms with E-state index in [1.165, 1.54) is 16.4 Å². The zero-order valence-corrected chi connectivity index (χ0v) is 20.2. The summed E-state index contributed by atoms with van der Waals surface area (Å²) < 4.78 is 40.4. The fourth-order valence-corrected chi connectivity index (χ4v) is 5.23. The molecular formula is C26H30FN3O3S. The molecule has 0 atom stereocenters. The highest BCUT2D eigenvalue weighted by Gasteiger charge is 2.23. The number of para-hydroxylation sites is 2. The number of carbonyl (C=O) groups is 1. The third-order valence-electron chi connectivity index (χ3n) is 5.72. The lowest BCUT2D eigenvalue weighted by Crippen LogP contribution is -2.32. The van der Waals surface area contributed by atoms with Crippen molar-refractivity contribution in [3.05, 3.63) is 89.3 Å². The Hall–Kier alpha value is -3.23. The molecule has 0 radical (unpaired) electrons. The van der Waals surface area contributed by atoms with Gasteiger partial charge in [-0.15, -0.1) is 0 Å². The van der Waals surface area contributed by atoms with Crippen LogP contribution in [0.5, 0.6) is 0 Å². The van der Waals surface area contributed by atoms with Gasteiger partial charge in [-0.3, -0.25) is 4.79 Å². The molecule has 0 aromatic heterocycles. The van der Waals surface area contributed by atoms with Crippen molar-refractivity contribution >= 4 is 27.3 Å². The standard InChI is InChI=1S/C26H30FN3O3S/c1-3-30(34(32,33)23-15-13-22(27)14-16-23)17-7-10-20-18-21(9-6-8-19(20)2)26(31)29-25-12-5-4-11-24(25)28/h4-6,8,11-16,18H,3,7,9-10,17,28H2,1-2H3,(H,29,31). The molecule has 1 amide bonds. The van der Waals surface area contributed by atoms with E-state index < -0.39 is 15.8 Å². The summed E-state index contributed by atoms with van der Waals surface area (Å²) in [6.07, 6.45) is 7.48. The molecule has 0 saturated carbocycles. The van der Waals surface area contributed by atoms with E-state index in [4.69, 9.17) is 5.73 Å². The third-order valence-corrected chi connectivity index (χ3v) is 7.71. The highest BCUT2D eigenvalue weighted by Crippen LogP contribution is 2.25. The first-order valence-electron chi connectivity index (χ1n) is 11.2. The minimum atomic E-state index is -3.71. The van der Waals surface area contributed by atoms with Gasteiger partial charge in [-0.2, -0.15) is 4.31 Å². The topological polar surface area (TPSA) is 92.5 Å². The van der Waals surface area contributed by atoms with Crippen LogP contribution in [0.15, 0.2) is 88.4 Å². The summed E-state index contributed by atoms with van der Waals surface area (Å²) in [4.78, 5) is 12.9. The van der Waals surface area contributed by atoms with Crippen LogP contribution in [0.3, 0.4) is 0 Å². The molecule has 1 aliphatic carbocycles. The molecule has 3 N–H and O–H groups in total. The van der Waals surface area contributed by atoms with E-state index in [2.05, 4.69) is 5.32 Å². The van der Waals surface area contributed by atoms with Gasteiger partial charge in [-0.25, -0.2) is 12.8 Å². The Labute approximate surface area is 200 Å². The molecule has 0 spiro atoms. The van der Waals surface area contributed by atoms with E-state index in [-0.39, 0.29) is 10.8 Å². The number of hydrogen-bond acceptors (Lipinski definition) is 4. The first kappa shape index (κ1) is 25.4. The molecule has 0 bridgehead atoms. The number of nitrogens with zero attached hydrogens (tertiary/aromatic N) is 1. The summed E-state index contributed by atoms with van der Waals surface area (Å²) >= 11 is 0. The summed E-state index contributed by atoms with van der Waals surface area (Å²) in [5.41, 5.74) is 9.62. The van der Waals surface area contributed by atoms with Crippen molar-refractivity contribution in [2.75, 3.05) is 24.1 Å². The molecule has 0 saturated heterocycles. The first-order valence-corrected chi connectivity index (χ1v) is 12.6. The third kappa shape index (κ3) is 6.21. The number of nitrogen functional groups attached to an aromatic ring is 1. The zero-order chi connectivity index (χ0) is 24.7. The number of allylic oxidation sites excluding steroid dienone is 5. The van der Waals surface area contributed by atoms with Gasteiger partial charge in [0.25, 0.3) is 5.91 Å². The monoisotopic (exact) mass is 483 g/mol. The van der Waals surface area contributed by atoms with Gasteiger partial charge in [0.2, 0.25) is 10.0 Å². The minimum Gasteiger partial charge on any atom is -0.397 e. The number of benzene rings is 2. The van der Waals surface area contributed by atoms with E-state index in [0.29, 0.717) is 49.3 Å². The van der Waals surface area contributed by atoms with Crippen molar-refractivity contribution in [3.8, 4) is 0 Å². The normalized spacial score (nSPS) is 14.2. The second-order valence-corrected chi connectivity index (χ2v) is 10.0. The molecule has 1 aliphatic rings. The lowest BCUT2D eigenvalue weighted by molar-refractivity contribution is -0.112. The summed E-state index contributed by atoms with van der Waals surface area (Å²) in [7, 11) is -3.71. The van der Waals surface area contributed by atoms with E-state index >= 15 is 0 Å². The average molecular weight is 484 g/mol. The Balaban J connectivity index is 1.69. The van der Waals surface area contributed by atoms with Crippen molar-refractivity contribution in [2.24, 2.45) is 0 Å². The first-order chi connectivity index (χ1) is 16.2. The van der Waals surface area contributed by atoms with Crippen molar-refractivity contribution in [1.29, 1.82) is 0 Å². The lowest BCUT2D eigenvalue weighted by Gasteiger charge is -2.21. The van der Waals surface area contributed by atoms with Crippen molar-refractivity contribution in [2.45, 2.75) is 38.0 Å². The Morgan fingerprint density at radius 2 is 1.85 bits per heavy atom. The summed E-state index contributed by atoms with van der Waals surface area (Å²) in [5.74, 6) is -0.698. The predicted octanol–water partition coefficient (Wildman–Crippen LogP) is 5.04. The number of amides is 1. The molecule has 2 aromatic carbocycles. The van der Waals surface area contributed by atoms with Gasteiger partial charge in [-0.1, -0.05) is 31.2 Å². The van der Waals surface area contributed by atoms with Crippen LogP contribution >= 0.6 is 0 Å². The number of rotatable bonds is 9. The zero-order valence-electron chi connectivity index (χ0n) is 19.4. The number of nitrogens with two attached hydrogens (primary N) is 1. The quantitative estimate of drug-likeness (QED) is 0.489. The number of hydrogen-bond donors (Lipinski definition) is 2. The fourth-order valence-electron chi connectivity index (χ4n) is 3.74. The Morgan fingerprint density at radius 3 is 2.53 bits per heavy atom. The summed E-state index contributed by atoms with van der Waals surface area (Å²) in [6, 6.07) is 11.9. The molecule has 180 valence electrons. The Kier molecular flexibility index (Phi) is 8.41. The molecule has 3 rings (SSSR count). The maximum absolute atomic E-state index is 13.2. The van der Waals surface area contributed by atoms with Gasteiger partial charge in [0.05, 0.1) is 16.3 Å². The summed E-state index contributed by atoms with van der Waals surface area (Å²) in [5, 5.41) is 2.87. The second-order valence-electron chi connectivity index (χ2n) is 8.08. The Bertz CT molecular complexity index is 1230. The highest BCUT2D eigenvalue weighted by molar-refractivity contribution is 7.89. The smallest absolute Gasteiger partial charge is 0.251 e. The largest absolute Gasteiger partial charge is 0.397 e. The van der Waals surface area contributed by atoms with E-state index in [9.17, 15) is 17.6 Å². The highest BCUT2D eigenvalue weighted by atomic mass is 32.2. The number of nitrogens with one attached hydrogen (secondary N) is 1. The molecule has 0 fully saturated rings. The van der Waals surface area contributed by atoms with Gasteiger partial charge in [0, 0.05) is 18.7 Å². The van der Waals surface area contributed by atoms with Crippen LogP contribution in [-0.4, -0.2) is 31.7 Å². The molecule has 0 aliphatic heterocycles. The second kappa shape index (κ2) is 11.3. The van der Waals surface area contributed by atoms with Crippen LogP contribution < -0.4 is 11.1 Å². The molecule has 0 unspecified atom stereocenters. The molecule has 8 heteroatoms. The van der Waals surface area contributed by atoms with Crippen LogP contribution in [0.1, 0.15) is 33.1 Å². The van der Waals surface area contributed by atoms with Crippen LogP contribution in [0.4, 0.5) is 15.8 Å². The number of anilines is 2. The maximum Gasteiger partial charge on any atom is 0.251 e. The number of sulfonamides is 1. The lowest BCUT2D eigenvalue weighted by atomic mass is 10.0. The molecule has 2 aromatic rings. The number of carbonyl (C=O) groups excluding carboxylic acids is 1. The van der Waals surface area contributed by atoms with Gasteiger partial charge < -0.3 is 11.1 Å². The Morgan fingerprint density at radius 1 is 1.15 bits per heavy atom. The van der Waals surface area contributed by atoms with Gasteiger partial charge in [0.1, 0.15) is 5.82 Å². The predicted molar refractivity (Wildman–Crippen MR) is 134 cm³/mol. The minimum absolute atomic E-state index is 0.0718. The van der Waals surface area contributed by atoms with E-state index in [0.717, 1.165) is 23.3 Å². The van der Waals surface area contributed by atoms with Crippen LogP contribution in [0, 0.1) is 5.82 Å². The van der Waals surface area contributed by atoms with Crippen molar-refractivity contribution in [3.63, 3.8) is 0 Å². The van der Waals surface area contributed by atoms with Gasteiger partial charge in [0.15, 0.2) is 0 Å². The van der Waals surface area contributed by atoms with E-state index in [1.54, 1.807) is 25.1 Å². The van der Waals surface area contributed by atoms with Gasteiger partial charge >= 0.3 is 0 Å². The molecule has 6 nitrogen and oxygen atoms in total. The average Bonchev–Trinajstić information content (AvgIpc) is 2.99. The number of halogens is 1. The van der Waals surface area contributed by atoms with Crippen LogP contribution in [-0.2, 0) is 14.8 Å². The molecular weight excluding hydrogens is 453 g/mol. The molecule has 0 heterocycles. The van der Waals surface area contributed by atoms with Gasteiger partial charge in [-0.05, 0) is 79.8 Å². The fraction of sp³-hybridized carbons (Fsp3) is 0.269. The van der Waals surface area contributed by atoms with E-state index in [1.807, 2.05) is 31.2 Å². The van der Waals surface area contributed by atoms with Crippen LogP contribution in [0.2, 0.25) is 0 Å².